The molecule has 1 aromatic rings. The van der Waals surface area contributed by atoms with E-state index in [2.05, 4.69) is 35.6 Å². The van der Waals surface area contributed by atoms with Gasteiger partial charge in [-0.15, -0.1) is 4.40 Å². The maximum Gasteiger partial charge on any atom is 0.257 e. The number of unbranched alkanes of at least 4 members (excludes halogenated alkanes) is 3. The molecule has 0 bridgehead atoms. The Morgan fingerprint density at radius 2 is 1.96 bits per heavy atom. The number of sulfonamides is 1. The molecule has 2 aliphatic rings. The van der Waals surface area contributed by atoms with E-state index < -0.39 is 10.0 Å². The van der Waals surface area contributed by atoms with Crippen molar-refractivity contribution in [3.63, 3.8) is 0 Å². The van der Waals surface area contributed by atoms with E-state index in [9.17, 15) is 8.42 Å². The van der Waals surface area contributed by atoms with Gasteiger partial charge in [-0.3, -0.25) is 0 Å². The van der Waals surface area contributed by atoms with E-state index in [-0.39, 0.29) is 5.75 Å². The fraction of sp³-hybridized carbons (Fsp3) is 0.471. The normalized spacial score (nSPS) is 19.3. The van der Waals surface area contributed by atoms with Crippen molar-refractivity contribution in [3.05, 3.63) is 40.8 Å². The Morgan fingerprint density at radius 1 is 1.17 bits per heavy atom. The topological polar surface area (TPSA) is 49.7 Å². The van der Waals surface area contributed by atoms with Crippen LogP contribution in [0, 0.1) is 0 Å². The van der Waals surface area contributed by atoms with Gasteiger partial charge in [-0.2, -0.15) is 0 Å². The Labute approximate surface area is 142 Å². The lowest BCUT2D eigenvalue weighted by atomic mass is 10.0. The van der Waals surface area contributed by atoms with Crippen LogP contribution in [-0.2, 0) is 16.4 Å². The van der Waals surface area contributed by atoms with E-state index in [1.807, 2.05) is 10.3 Å². The van der Waals surface area contributed by atoms with Crippen LogP contribution >= 0.6 is 11.8 Å². The predicted octanol–water partition coefficient (Wildman–Crippen LogP) is 3.86. The second-order valence-corrected chi connectivity index (χ2v) is 8.53. The first-order chi connectivity index (χ1) is 11.1. The zero-order chi connectivity index (χ0) is 16.3. The van der Waals surface area contributed by atoms with Gasteiger partial charge in [0.15, 0.2) is 5.17 Å². The van der Waals surface area contributed by atoms with Crippen LogP contribution in [0.25, 0.3) is 5.70 Å². The first-order valence-corrected chi connectivity index (χ1v) is 10.6. The average Bonchev–Trinajstić information content (AvgIpc) is 2.94. The molecule has 4 nitrogen and oxygen atoms in total. The van der Waals surface area contributed by atoms with Gasteiger partial charge >= 0.3 is 0 Å². The summed E-state index contributed by atoms with van der Waals surface area (Å²) in [5.41, 5.74) is 3.55. The highest BCUT2D eigenvalue weighted by molar-refractivity contribution is 8.17. The van der Waals surface area contributed by atoms with E-state index in [1.165, 1.54) is 43.0 Å². The van der Waals surface area contributed by atoms with Gasteiger partial charge in [-0.05, 0) is 24.0 Å². The largest absolute Gasteiger partial charge is 0.318 e. The Balaban J connectivity index is 1.67. The molecule has 6 heteroatoms. The Hall–Kier alpha value is -1.27. The lowest BCUT2D eigenvalue weighted by molar-refractivity contribution is 0.567. The predicted molar refractivity (Wildman–Crippen MR) is 97.8 cm³/mol. The number of fused-ring (bicyclic) bond motifs is 1. The Morgan fingerprint density at radius 3 is 2.70 bits per heavy atom. The highest BCUT2D eigenvalue weighted by Gasteiger charge is 2.31. The van der Waals surface area contributed by atoms with Crippen molar-refractivity contribution >= 4 is 32.6 Å². The molecule has 0 aliphatic carbocycles. The lowest BCUT2D eigenvalue weighted by Gasteiger charge is -2.25. The summed E-state index contributed by atoms with van der Waals surface area (Å²) in [5, 5.41) is 2.57. The number of amidine groups is 1. The summed E-state index contributed by atoms with van der Waals surface area (Å²) in [4.78, 5) is 2.00. The van der Waals surface area contributed by atoms with Crippen molar-refractivity contribution in [2.45, 2.75) is 39.0 Å². The standard InChI is InChI=1S/C17H22N2O2S2/c1-2-3-4-5-6-14-7-9-15(10-8-14)16-13-22-17-18-23(20,21)12-11-19(16)17/h7-10,13H,2-6,11-12H2,1H3. The minimum absolute atomic E-state index is 0.0872. The molecule has 0 fully saturated rings. The maximum absolute atomic E-state index is 11.6. The Bertz CT molecular complexity index is 721. The van der Waals surface area contributed by atoms with E-state index in [0.717, 1.165) is 17.7 Å². The molecule has 124 valence electrons. The number of hydrogen-bond acceptors (Lipinski definition) is 4. The molecule has 0 spiro atoms. The van der Waals surface area contributed by atoms with Crippen molar-refractivity contribution < 1.29 is 8.42 Å². The summed E-state index contributed by atoms with van der Waals surface area (Å²) in [6, 6.07) is 8.63. The third kappa shape index (κ3) is 3.98. The van der Waals surface area contributed by atoms with Gasteiger partial charge in [0, 0.05) is 12.0 Å². The van der Waals surface area contributed by atoms with Gasteiger partial charge in [0.05, 0.1) is 11.4 Å². The smallest absolute Gasteiger partial charge is 0.257 e. The molecular formula is C17H22N2O2S2. The summed E-state index contributed by atoms with van der Waals surface area (Å²) in [6.45, 7) is 2.71. The molecule has 0 unspecified atom stereocenters. The molecule has 0 amide bonds. The highest BCUT2D eigenvalue weighted by atomic mass is 32.2. The zero-order valence-electron chi connectivity index (χ0n) is 13.4. The molecule has 0 N–H and O–H groups in total. The van der Waals surface area contributed by atoms with Crippen LogP contribution in [0.4, 0.5) is 0 Å². The molecule has 0 radical (unpaired) electrons. The van der Waals surface area contributed by atoms with E-state index in [4.69, 9.17) is 0 Å². The van der Waals surface area contributed by atoms with Gasteiger partial charge in [-0.25, -0.2) is 8.42 Å². The van der Waals surface area contributed by atoms with Gasteiger partial charge in [0.1, 0.15) is 0 Å². The second kappa shape index (κ2) is 7.09. The van der Waals surface area contributed by atoms with Crippen molar-refractivity contribution in [2.24, 2.45) is 4.40 Å². The number of aryl methyl sites for hydroxylation is 1. The SMILES string of the molecule is CCCCCCc1ccc(C2=CSC3=NS(=O)(=O)CCN23)cc1. The van der Waals surface area contributed by atoms with E-state index >= 15 is 0 Å². The summed E-state index contributed by atoms with van der Waals surface area (Å²) in [5.74, 6) is 0.0872. The summed E-state index contributed by atoms with van der Waals surface area (Å²) in [7, 11) is -3.27. The van der Waals surface area contributed by atoms with Crippen LogP contribution in [0.5, 0.6) is 0 Å². The van der Waals surface area contributed by atoms with Crippen LogP contribution < -0.4 is 0 Å². The van der Waals surface area contributed by atoms with Gasteiger partial charge < -0.3 is 4.90 Å². The molecule has 3 rings (SSSR count). The second-order valence-electron chi connectivity index (χ2n) is 5.94. The first-order valence-electron chi connectivity index (χ1n) is 8.15. The third-order valence-corrected chi connectivity index (χ3v) is 6.29. The minimum atomic E-state index is -3.27. The molecule has 0 saturated carbocycles. The average molecular weight is 351 g/mol. The fourth-order valence-electron chi connectivity index (χ4n) is 2.82. The number of nitrogens with zero attached hydrogens (tertiary/aromatic N) is 2. The van der Waals surface area contributed by atoms with Crippen LogP contribution in [-0.4, -0.2) is 30.8 Å². The van der Waals surface area contributed by atoms with Crippen molar-refractivity contribution in [1.82, 2.24) is 4.90 Å². The van der Waals surface area contributed by atoms with Crippen LogP contribution in [0.3, 0.4) is 0 Å². The van der Waals surface area contributed by atoms with Crippen LogP contribution in [0.15, 0.2) is 34.1 Å². The van der Waals surface area contributed by atoms with Crippen LogP contribution in [0.1, 0.15) is 43.7 Å². The summed E-state index contributed by atoms with van der Waals surface area (Å²) >= 11 is 1.39. The first kappa shape index (κ1) is 16.6. The Kier molecular flexibility index (Phi) is 5.11. The van der Waals surface area contributed by atoms with Gasteiger partial charge in [-0.1, -0.05) is 62.2 Å². The third-order valence-electron chi connectivity index (χ3n) is 4.16. The van der Waals surface area contributed by atoms with Crippen molar-refractivity contribution in [1.29, 1.82) is 0 Å². The fourth-order valence-corrected chi connectivity index (χ4v) is 4.97. The number of thioether (sulfide) groups is 1. The molecule has 2 aliphatic heterocycles. The zero-order valence-corrected chi connectivity index (χ0v) is 15.0. The lowest BCUT2D eigenvalue weighted by Crippen LogP contribution is -2.34. The molecule has 0 saturated heterocycles. The van der Waals surface area contributed by atoms with Crippen molar-refractivity contribution in [3.8, 4) is 0 Å². The number of hydrogen-bond donors (Lipinski definition) is 0. The minimum Gasteiger partial charge on any atom is -0.318 e. The summed E-state index contributed by atoms with van der Waals surface area (Å²) < 4.78 is 27.0. The number of benzene rings is 1. The molecule has 0 atom stereocenters. The summed E-state index contributed by atoms with van der Waals surface area (Å²) in [6.07, 6.45) is 6.24. The van der Waals surface area contributed by atoms with Crippen LogP contribution in [0.2, 0.25) is 0 Å². The number of rotatable bonds is 6. The molecule has 23 heavy (non-hydrogen) atoms. The molecule has 0 aromatic heterocycles. The van der Waals surface area contributed by atoms with E-state index in [1.54, 1.807) is 0 Å². The van der Waals surface area contributed by atoms with Gasteiger partial charge in [0.25, 0.3) is 10.0 Å². The van der Waals surface area contributed by atoms with E-state index in [0.29, 0.717) is 11.7 Å². The highest BCUT2D eigenvalue weighted by Crippen LogP contribution is 2.35. The monoisotopic (exact) mass is 350 g/mol. The van der Waals surface area contributed by atoms with Gasteiger partial charge in [0.2, 0.25) is 0 Å². The molecule has 2 heterocycles. The van der Waals surface area contributed by atoms with Crippen molar-refractivity contribution in [2.75, 3.05) is 12.3 Å². The molecule has 1 aromatic carbocycles. The quantitative estimate of drug-likeness (QED) is 0.731. The maximum atomic E-state index is 11.6. The molecular weight excluding hydrogens is 328 g/mol.